The summed E-state index contributed by atoms with van der Waals surface area (Å²) in [4.78, 5) is 26.8. The zero-order chi connectivity index (χ0) is 16.6. The second-order valence-electron chi connectivity index (χ2n) is 6.59. The lowest BCUT2D eigenvalue weighted by molar-refractivity contribution is -0.158. The van der Waals surface area contributed by atoms with E-state index in [1.54, 1.807) is 24.0 Å². The van der Waals surface area contributed by atoms with Gasteiger partial charge in [0, 0.05) is 18.5 Å². The van der Waals surface area contributed by atoms with Crippen LogP contribution in [0.2, 0.25) is 0 Å². The first-order chi connectivity index (χ1) is 11.0. The highest BCUT2D eigenvalue weighted by atomic mass is 19.1. The second-order valence-corrected chi connectivity index (χ2v) is 6.59. The first kappa shape index (κ1) is 16.0. The number of halogens is 1. The van der Waals surface area contributed by atoms with Crippen LogP contribution >= 0.6 is 0 Å². The highest BCUT2D eigenvalue weighted by Crippen LogP contribution is 2.50. The first-order valence-electron chi connectivity index (χ1n) is 8.21. The normalized spacial score (nSPS) is 25.3. The molecule has 1 aliphatic heterocycles. The molecule has 1 aromatic carbocycles. The summed E-state index contributed by atoms with van der Waals surface area (Å²) in [5.41, 5.74) is 0.0941. The van der Waals surface area contributed by atoms with E-state index in [0.717, 1.165) is 12.0 Å². The summed E-state index contributed by atoms with van der Waals surface area (Å²) in [5, 5.41) is 0. The zero-order valence-electron chi connectivity index (χ0n) is 13.5. The summed E-state index contributed by atoms with van der Waals surface area (Å²) >= 11 is 0. The molecule has 3 rings (SSSR count). The van der Waals surface area contributed by atoms with E-state index < -0.39 is 5.41 Å². The number of carbonyl (C=O) groups is 2. The standard InChI is InChI=1S/C18H22FNO3/c1-3-23-17(22)18(8-9-18)16(21)20-11-14(10-12(20)2)13-4-6-15(19)7-5-13/h4-7,12,14H,3,8-11H2,1-2H3/t12-,14-/m0/s1. The molecule has 124 valence electrons. The van der Waals surface area contributed by atoms with Gasteiger partial charge in [0.2, 0.25) is 5.91 Å². The number of likely N-dealkylation sites (tertiary alicyclic amines) is 1. The third-order valence-electron chi connectivity index (χ3n) is 5.00. The smallest absolute Gasteiger partial charge is 0.321 e. The highest BCUT2D eigenvalue weighted by molar-refractivity contribution is 6.05. The summed E-state index contributed by atoms with van der Waals surface area (Å²) in [5.74, 6) is -0.560. The lowest BCUT2D eigenvalue weighted by Gasteiger charge is -2.26. The van der Waals surface area contributed by atoms with Gasteiger partial charge >= 0.3 is 5.97 Å². The van der Waals surface area contributed by atoms with Gasteiger partial charge in [-0.05, 0) is 50.8 Å². The van der Waals surface area contributed by atoms with Gasteiger partial charge in [-0.25, -0.2) is 4.39 Å². The Bertz CT molecular complexity index is 609. The van der Waals surface area contributed by atoms with Gasteiger partial charge in [-0.2, -0.15) is 0 Å². The predicted octanol–water partition coefficient (Wildman–Crippen LogP) is 2.87. The van der Waals surface area contributed by atoms with E-state index in [4.69, 9.17) is 4.74 Å². The Labute approximate surface area is 135 Å². The van der Waals surface area contributed by atoms with Crippen molar-refractivity contribution in [1.82, 2.24) is 4.90 Å². The maximum absolute atomic E-state index is 13.1. The molecule has 4 nitrogen and oxygen atoms in total. The Kier molecular flexibility index (Phi) is 4.13. The van der Waals surface area contributed by atoms with Crippen molar-refractivity contribution in [3.05, 3.63) is 35.6 Å². The molecule has 0 bridgehead atoms. The van der Waals surface area contributed by atoms with Crippen molar-refractivity contribution in [2.24, 2.45) is 5.41 Å². The topological polar surface area (TPSA) is 46.6 Å². The number of ether oxygens (including phenoxy) is 1. The van der Waals surface area contributed by atoms with Crippen molar-refractivity contribution < 1.29 is 18.7 Å². The van der Waals surface area contributed by atoms with Gasteiger partial charge < -0.3 is 9.64 Å². The summed E-state index contributed by atoms with van der Waals surface area (Å²) in [6.07, 6.45) is 1.99. The van der Waals surface area contributed by atoms with Crippen molar-refractivity contribution in [3.8, 4) is 0 Å². The molecular weight excluding hydrogens is 297 g/mol. The first-order valence-corrected chi connectivity index (χ1v) is 8.21. The molecule has 1 aromatic rings. The molecule has 2 fully saturated rings. The van der Waals surface area contributed by atoms with E-state index in [9.17, 15) is 14.0 Å². The number of benzene rings is 1. The molecule has 5 heteroatoms. The predicted molar refractivity (Wildman–Crippen MR) is 83.2 cm³/mol. The van der Waals surface area contributed by atoms with Gasteiger partial charge in [0.1, 0.15) is 11.2 Å². The number of carbonyl (C=O) groups excluding carboxylic acids is 2. The number of nitrogens with zero attached hydrogens (tertiary/aromatic N) is 1. The van der Waals surface area contributed by atoms with Crippen LogP contribution in [0.1, 0.15) is 44.6 Å². The summed E-state index contributed by atoms with van der Waals surface area (Å²) < 4.78 is 18.1. The Hall–Kier alpha value is -1.91. The molecule has 1 saturated carbocycles. The Morgan fingerprint density at radius 1 is 1.30 bits per heavy atom. The van der Waals surface area contributed by atoms with Crippen LogP contribution in [-0.2, 0) is 14.3 Å². The van der Waals surface area contributed by atoms with E-state index in [1.807, 2.05) is 6.92 Å². The van der Waals surface area contributed by atoms with Crippen LogP contribution in [0.4, 0.5) is 4.39 Å². The molecule has 1 aliphatic carbocycles. The molecule has 2 aliphatic rings. The molecule has 23 heavy (non-hydrogen) atoms. The van der Waals surface area contributed by atoms with Crippen molar-refractivity contribution in [2.75, 3.05) is 13.2 Å². The maximum atomic E-state index is 13.1. The SMILES string of the molecule is CCOC(=O)C1(C(=O)N2C[C@@H](c3ccc(F)cc3)C[C@@H]2C)CC1. The van der Waals surface area contributed by atoms with Gasteiger partial charge in [-0.3, -0.25) is 9.59 Å². The number of hydrogen-bond donors (Lipinski definition) is 0. The largest absolute Gasteiger partial charge is 0.465 e. The lowest BCUT2D eigenvalue weighted by Crippen LogP contribution is -2.43. The lowest BCUT2D eigenvalue weighted by atomic mass is 9.97. The monoisotopic (exact) mass is 319 g/mol. The Balaban J connectivity index is 1.73. The fourth-order valence-corrected chi connectivity index (χ4v) is 3.46. The zero-order valence-corrected chi connectivity index (χ0v) is 13.5. The fraction of sp³-hybridized carbons (Fsp3) is 0.556. The quantitative estimate of drug-likeness (QED) is 0.633. The molecular formula is C18H22FNO3. The molecule has 0 spiro atoms. The third-order valence-corrected chi connectivity index (χ3v) is 5.00. The molecule has 1 saturated heterocycles. The van der Waals surface area contributed by atoms with Crippen LogP contribution in [0.15, 0.2) is 24.3 Å². The van der Waals surface area contributed by atoms with Crippen molar-refractivity contribution in [1.29, 1.82) is 0 Å². The van der Waals surface area contributed by atoms with E-state index in [-0.39, 0.29) is 29.7 Å². The molecule has 0 N–H and O–H groups in total. The van der Waals surface area contributed by atoms with Crippen LogP contribution in [0.25, 0.3) is 0 Å². The molecule has 0 unspecified atom stereocenters. The van der Waals surface area contributed by atoms with Gasteiger partial charge in [0.15, 0.2) is 0 Å². The Morgan fingerprint density at radius 3 is 2.52 bits per heavy atom. The second kappa shape index (κ2) is 5.95. The number of amides is 1. The van der Waals surface area contributed by atoms with Crippen LogP contribution in [-0.4, -0.2) is 36.0 Å². The molecule has 1 heterocycles. The van der Waals surface area contributed by atoms with E-state index in [2.05, 4.69) is 0 Å². The fourth-order valence-electron chi connectivity index (χ4n) is 3.46. The highest BCUT2D eigenvalue weighted by Gasteiger charge is 2.60. The van der Waals surface area contributed by atoms with Crippen molar-refractivity contribution in [3.63, 3.8) is 0 Å². The minimum absolute atomic E-state index is 0.0736. The minimum atomic E-state index is -0.943. The average Bonchev–Trinajstić information content (AvgIpc) is 3.26. The van der Waals surface area contributed by atoms with Crippen LogP contribution in [0.3, 0.4) is 0 Å². The van der Waals surface area contributed by atoms with E-state index >= 15 is 0 Å². The van der Waals surface area contributed by atoms with Crippen LogP contribution in [0, 0.1) is 11.2 Å². The van der Waals surface area contributed by atoms with Gasteiger partial charge in [-0.1, -0.05) is 12.1 Å². The Morgan fingerprint density at radius 2 is 1.96 bits per heavy atom. The van der Waals surface area contributed by atoms with Gasteiger partial charge in [0.05, 0.1) is 6.61 Å². The number of esters is 1. The van der Waals surface area contributed by atoms with Crippen LogP contribution in [0.5, 0.6) is 0 Å². The maximum Gasteiger partial charge on any atom is 0.321 e. The molecule has 0 radical (unpaired) electrons. The molecule has 2 atom stereocenters. The van der Waals surface area contributed by atoms with Gasteiger partial charge in [0.25, 0.3) is 0 Å². The van der Waals surface area contributed by atoms with Crippen molar-refractivity contribution >= 4 is 11.9 Å². The minimum Gasteiger partial charge on any atom is -0.465 e. The number of hydrogen-bond acceptors (Lipinski definition) is 3. The molecule has 0 aromatic heterocycles. The van der Waals surface area contributed by atoms with E-state index in [1.165, 1.54) is 12.1 Å². The summed E-state index contributed by atoms with van der Waals surface area (Å²) in [6, 6.07) is 6.53. The van der Waals surface area contributed by atoms with Crippen LogP contribution < -0.4 is 0 Å². The summed E-state index contributed by atoms with van der Waals surface area (Å²) in [6.45, 7) is 4.62. The average molecular weight is 319 g/mol. The molecule has 1 amide bonds. The van der Waals surface area contributed by atoms with Gasteiger partial charge in [-0.15, -0.1) is 0 Å². The third kappa shape index (κ3) is 2.84. The number of rotatable bonds is 4. The summed E-state index contributed by atoms with van der Waals surface area (Å²) in [7, 11) is 0. The van der Waals surface area contributed by atoms with E-state index in [0.29, 0.717) is 26.0 Å². The van der Waals surface area contributed by atoms with Crippen molar-refractivity contribution in [2.45, 2.75) is 45.1 Å².